The van der Waals surface area contributed by atoms with E-state index in [0.717, 1.165) is 12.1 Å². The molecule has 0 unspecified atom stereocenters. The summed E-state index contributed by atoms with van der Waals surface area (Å²) in [5.41, 5.74) is 1.29. The van der Waals surface area contributed by atoms with E-state index in [0.29, 0.717) is 16.7 Å². The highest BCUT2D eigenvalue weighted by atomic mass is 19.1. The van der Waals surface area contributed by atoms with Crippen LogP contribution < -0.4 is 0 Å². The van der Waals surface area contributed by atoms with Gasteiger partial charge in [-0.3, -0.25) is 4.79 Å². The summed E-state index contributed by atoms with van der Waals surface area (Å²) < 4.78 is 27.2. The Morgan fingerprint density at radius 3 is 1.78 bits per heavy atom. The smallest absolute Gasteiger partial charge is 0.199 e. The molecule has 2 aromatic carbocycles. The van der Waals surface area contributed by atoms with E-state index in [1.807, 2.05) is 0 Å². The number of hydrogen-bond donors (Lipinski definition) is 0. The molecule has 0 aromatic heterocycles. The number of aryl methyl sites for hydroxylation is 2. The van der Waals surface area contributed by atoms with E-state index >= 15 is 0 Å². The standard InChI is InChI=1S/C15H12F2O/c1-9-5-3-6-10(2)13(9)15(18)14-11(16)7-4-8-12(14)17/h3-8H,1-2H3. The van der Waals surface area contributed by atoms with Crippen molar-refractivity contribution < 1.29 is 13.6 Å². The van der Waals surface area contributed by atoms with Crippen molar-refractivity contribution in [2.24, 2.45) is 0 Å². The number of benzene rings is 2. The molecule has 92 valence electrons. The van der Waals surface area contributed by atoms with Gasteiger partial charge in [-0.2, -0.15) is 0 Å². The van der Waals surface area contributed by atoms with Gasteiger partial charge in [0.25, 0.3) is 0 Å². The number of rotatable bonds is 2. The van der Waals surface area contributed by atoms with Crippen LogP contribution in [-0.2, 0) is 0 Å². The minimum atomic E-state index is -0.831. The van der Waals surface area contributed by atoms with Crippen molar-refractivity contribution in [2.75, 3.05) is 0 Å². The van der Waals surface area contributed by atoms with Crippen molar-refractivity contribution in [3.63, 3.8) is 0 Å². The zero-order valence-electron chi connectivity index (χ0n) is 10.1. The van der Waals surface area contributed by atoms with Gasteiger partial charge in [0, 0.05) is 5.56 Å². The third-order valence-corrected chi connectivity index (χ3v) is 2.90. The monoisotopic (exact) mass is 246 g/mol. The summed E-state index contributed by atoms with van der Waals surface area (Å²) >= 11 is 0. The fourth-order valence-corrected chi connectivity index (χ4v) is 2.01. The van der Waals surface area contributed by atoms with Crippen LogP contribution in [0, 0.1) is 25.5 Å². The molecule has 0 fully saturated rings. The summed E-state index contributed by atoms with van der Waals surface area (Å²) in [5, 5.41) is 0. The second kappa shape index (κ2) is 4.69. The molecule has 0 aliphatic heterocycles. The molecule has 1 nitrogen and oxygen atoms in total. The predicted molar refractivity (Wildman–Crippen MR) is 65.7 cm³/mol. The summed E-state index contributed by atoms with van der Waals surface area (Å²) in [4.78, 5) is 12.2. The van der Waals surface area contributed by atoms with Crippen molar-refractivity contribution in [1.82, 2.24) is 0 Å². The summed E-state index contributed by atoms with van der Waals surface area (Å²) in [6.07, 6.45) is 0. The van der Waals surface area contributed by atoms with Gasteiger partial charge in [-0.05, 0) is 37.1 Å². The quantitative estimate of drug-likeness (QED) is 0.736. The third kappa shape index (κ3) is 2.04. The summed E-state index contributed by atoms with van der Waals surface area (Å²) in [7, 11) is 0. The number of carbonyl (C=O) groups excluding carboxylic acids is 1. The number of halogens is 2. The van der Waals surface area contributed by atoms with Gasteiger partial charge in [0.1, 0.15) is 11.6 Å². The van der Waals surface area contributed by atoms with Crippen molar-refractivity contribution >= 4 is 5.78 Å². The van der Waals surface area contributed by atoms with Crippen LogP contribution in [0.4, 0.5) is 8.78 Å². The van der Waals surface area contributed by atoms with Crippen LogP contribution in [0.25, 0.3) is 0 Å². The Balaban J connectivity index is 2.63. The van der Waals surface area contributed by atoms with Gasteiger partial charge in [-0.15, -0.1) is 0 Å². The molecule has 0 heterocycles. The number of carbonyl (C=O) groups is 1. The molecular weight excluding hydrogens is 234 g/mol. The number of hydrogen-bond acceptors (Lipinski definition) is 1. The SMILES string of the molecule is Cc1cccc(C)c1C(=O)c1c(F)cccc1F. The minimum absolute atomic E-state index is 0.363. The van der Waals surface area contributed by atoms with E-state index in [-0.39, 0.29) is 0 Å². The Labute approximate surface area is 104 Å². The highest BCUT2D eigenvalue weighted by Crippen LogP contribution is 2.21. The molecule has 0 N–H and O–H groups in total. The van der Waals surface area contributed by atoms with Gasteiger partial charge < -0.3 is 0 Å². The largest absolute Gasteiger partial charge is 0.288 e. The molecule has 2 rings (SSSR count). The first-order valence-electron chi connectivity index (χ1n) is 5.57. The Hall–Kier alpha value is -2.03. The van der Waals surface area contributed by atoms with Gasteiger partial charge in [0.15, 0.2) is 5.78 Å². The average molecular weight is 246 g/mol. The van der Waals surface area contributed by atoms with Crippen LogP contribution in [-0.4, -0.2) is 5.78 Å². The molecule has 0 spiro atoms. The van der Waals surface area contributed by atoms with Crippen LogP contribution in [0.5, 0.6) is 0 Å². The Morgan fingerprint density at radius 2 is 1.28 bits per heavy atom. The van der Waals surface area contributed by atoms with Crippen LogP contribution in [0.1, 0.15) is 27.0 Å². The van der Waals surface area contributed by atoms with Gasteiger partial charge in [-0.1, -0.05) is 24.3 Å². The van der Waals surface area contributed by atoms with E-state index in [1.54, 1.807) is 32.0 Å². The highest BCUT2D eigenvalue weighted by Gasteiger charge is 2.21. The molecular formula is C15H12F2O. The van der Waals surface area contributed by atoms with Crippen molar-refractivity contribution in [1.29, 1.82) is 0 Å². The van der Waals surface area contributed by atoms with Crippen LogP contribution in [0.15, 0.2) is 36.4 Å². The normalized spacial score (nSPS) is 10.4. The summed E-state index contributed by atoms with van der Waals surface area (Å²) in [6, 6.07) is 8.72. The lowest BCUT2D eigenvalue weighted by Gasteiger charge is -2.09. The Kier molecular flexibility index (Phi) is 3.24. The van der Waals surface area contributed by atoms with E-state index in [4.69, 9.17) is 0 Å². The van der Waals surface area contributed by atoms with Crippen LogP contribution in [0.3, 0.4) is 0 Å². The van der Waals surface area contributed by atoms with Crippen LogP contribution in [0.2, 0.25) is 0 Å². The molecule has 3 heteroatoms. The maximum absolute atomic E-state index is 13.6. The highest BCUT2D eigenvalue weighted by molar-refractivity contribution is 6.11. The van der Waals surface area contributed by atoms with Gasteiger partial charge in [-0.25, -0.2) is 8.78 Å². The molecule has 0 saturated heterocycles. The maximum Gasteiger partial charge on any atom is 0.199 e. The molecule has 0 radical (unpaired) electrons. The van der Waals surface area contributed by atoms with Crippen molar-refractivity contribution in [3.05, 3.63) is 70.3 Å². The Morgan fingerprint density at radius 1 is 0.833 bits per heavy atom. The molecule has 0 bridgehead atoms. The zero-order valence-corrected chi connectivity index (χ0v) is 10.1. The topological polar surface area (TPSA) is 17.1 Å². The molecule has 0 saturated carbocycles. The summed E-state index contributed by atoms with van der Waals surface area (Å²) in [5.74, 6) is -2.27. The van der Waals surface area contributed by atoms with Crippen molar-refractivity contribution in [3.8, 4) is 0 Å². The molecule has 0 atom stereocenters. The first-order chi connectivity index (χ1) is 8.52. The maximum atomic E-state index is 13.6. The fraction of sp³-hybridized carbons (Fsp3) is 0.133. The molecule has 18 heavy (non-hydrogen) atoms. The molecule has 0 amide bonds. The third-order valence-electron chi connectivity index (χ3n) is 2.90. The lowest BCUT2D eigenvalue weighted by atomic mass is 9.94. The lowest BCUT2D eigenvalue weighted by molar-refractivity contribution is 0.103. The van der Waals surface area contributed by atoms with Crippen molar-refractivity contribution in [2.45, 2.75) is 13.8 Å². The van der Waals surface area contributed by atoms with E-state index < -0.39 is 23.0 Å². The first-order valence-corrected chi connectivity index (χ1v) is 5.57. The van der Waals surface area contributed by atoms with E-state index in [1.165, 1.54) is 6.07 Å². The minimum Gasteiger partial charge on any atom is -0.288 e. The average Bonchev–Trinajstić information content (AvgIpc) is 2.28. The molecule has 2 aromatic rings. The number of ketones is 1. The van der Waals surface area contributed by atoms with Gasteiger partial charge in [0.2, 0.25) is 0 Å². The van der Waals surface area contributed by atoms with Gasteiger partial charge in [0.05, 0.1) is 5.56 Å². The van der Waals surface area contributed by atoms with Crippen LogP contribution >= 0.6 is 0 Å². The molecule has 0 aliphatic carbocycles. The van der Waals surface area contributed by atoms with E-state index in [2.05, 4.69) is 0 Å². The fourth-order valence-electron chi connectivity index (χ4n) is 2.01. The second-order valence-electron chi connectivity index (χ2n) is 4.19. The van der Waals surface area contributed by atoms with E-state index in [9.17, 15) is 13.6 Å². The lowest BCUT2D eigenvalue weighted by Crippen LogP contribution is -2.10. The van der Waals surface area contributed by atoms with Gasteiger partial charge >= 0.3 is 0 Å². The Bertz CT molecular complexity index is 524. The zero-order chi connectivity index (χ0) is 13.3. The predicted octanol–water partition coefficient (Wildman–Crippen LogP) is 3.81. The molecule has 0 aliphatic rings. The second-order valence-corrected chi connectivity index (χ2v) is 4.19. The summed E-state index contributed by atoms with van der Waals surface area (Å²) in [6.45, 7) is 3.50. The first kappa shape index (κ1) is 12.4.